The van der Waals surface area contributed by atoms with Crippen LogP contribution in [0.1, 0.15) is 44.4 Å². The van der Waals surface area contributed by atoms with Gasteiger partial charge < -0.3 is 5.32 Å². The molecule has 4 nitrogen and oxygen atoms in total. The number of rotatable bonds is 8. The zero-order chi connectivity index (χ0) is 18.9. The van der Waals surface area contributed by atoms with Gasteiger partial charge in [0.2, 0.25) is 5.91 Å². The zero-order valence-electron chi connectivity index (χ0n) is 15.0. The van der Waals surface area contributed by atoms with Crippen molar-refractivity contribution < 1.29 is 4.79 Å². The first-order valence-corrected chi connectivity index (χ1v) is 9.96. The predicted octanol–water partition coefficient (Wildman–Crippen LogP) is 5.46. The highest BCUT2D eigenvalue weighted by molar-refractivity contribution is 8.00. The Morgan fingerprint density at radius 2 is 2.08 bits per heavy atom. The van der Waals surface area contributed by atoms with Crippen molar-refractivity contribution in [2.75, 3.05) is 5.32 Å². The van der Waals surface area contributed by atoms with E-state index in [1.165, 1.54) is 11.8 Å². The van der Waals surface area contributed by atoms with E-state index in [0.29, 0.717) is 27.7 Å². The van der Waals surface area contributed by atoms with E-state index in [2.05, 4.69) is 23.3 Å². The molecule has 1 heterocycles. The monoisotopic (exact) mass is 387 g/mol. The SMILES string of the molecule is CCCCc1ccc(C#N)c(SC(CC)C(=O)Nc2ccccc2Cl)n1. The van der Waals surface area contributed by atoms with Gasteiger partial charge in [-0.1, -0.05) is 55.8 Å². The summed E-state index contributed by atoms with van der Waals surface area (Å²) < 4.78 is 0. The number of nitrogens with zero attached hydrogens (tertiary/aromatic N) is 2. The third-order valence-electron chi connectivity index (χ3n) is 3.87. The molecule has 0 aliphatic rings. The maximum atomic E-state index is 12.7. The lowest BCUT2D eigenvalue weighted by Gasteiger charge is -2.16. The van der Waals surface area contributed by atoms with Crippen molar-refractivity contribution in [1.29, 1.82) is 5.26 Å². The Morgan fingerprint density at radius 3 is 2.73 bits per heavy atom. The van der Waals surface area contributed by atoms with Gasteiger partial charge in [-0.2, -0.15) is 5.26 Å². The lowest BCUT2D eigenvalue weighted by Crippen LogP contribution is -2.25. The van der Waals surface area contributed by atoms with Crippen molar-refractivity contribution in [3.05, 3.63) is 52.7 Å². The van der Waals surface area contributed by atoms with Crippen LogP contribution in [-0.2, 0) is 11.2 Å². The van der Waals surface area contributed by atoms with Crippen LogP contribution >= 0.6 is 23.4 Å². The summed E-state index contributed by atoms with van der Waals surface area (Å²) in [5.74, 6) is -0.143. The minimum atomic E-state index is -0.354. The Balaban J connectivity index is 2.17. The Morgan fingerprint density at radius 1 is 1.31 bits per heavy atom. The fourth-order valence-corrected chi connectivity index (χ4v) is 3.58. The minimum absolute atomic E-state index is 0.143. The van der Waals surface area contributed by atoms with Gasteiger partial charge in [0, 0.05) is 5.69 Å². The van der Waals surface area contributed by atoms with Crippen molar-refractivity contribution >= 4 is 35.0 Å². The van der Waals surface area contributed by atoms with Gasteiger partial charge in [0.1, 0.15) is 11.1 Å². The predicted molar refractivity (Wildman–Crippen MR) is 108 cm³/mol. The van der Waals surface area contributed by atoms with E-state index < -0.39 is 0 Å². The van der Waals surface area contributed by atoms with Crippen LogP contribution < -0.4 is 5.32 Å². The van der Waals surface area contributed by atoms with E-state index in [9.17, 15) is 10.1 Å². The number of unbranched alkanes of at least 4 members (excludes halogenated alkanes) is 1. The number of aromatic nitrogens is 1. The van der Waals surface area contributed by atoms with Gasteiger partial charge in [-0.3, -0.25) is 4.79 Å². The summed E-state index contributed by atoms with van der Waals surface area (Å²) in [7, 11) is 0. The molecule has 0 aliphatic carbocycles. The van der Waals surface area contributed by atoms with Gasteiger partial charge in [0.15, 0.2) is 0 Å². The number of nitrogens with one attached hydrogen (secondary N) is 1. The number of thioether (sulfide) groups is 1. The second-order valence-corrected chi connectivity index (χ2v) is 7.45. The van der Waals surface area contributed by atoms with Crippen LogP contribution in [0.2, 0.25) is 5.02 Å². The molecular formula is C20H22ClN3OS. The van der Waals surface area contributed by atoms with Gasteiger partial charge in [-0.15, -0.1) is 0 Å². The molecule has 0 spiro atoms. The second kappa shape index (κ2) is 10.2. The van der Waals surface area contributed by atoms with Crippen LogP contribution in [0.25, 0.3) is 0 Å². The highest BCUT2D eigenvalue weighted by Gasteiger charge is 2.21. The summed E-state index contributed by atoms with van der Waals surface area (Å²) in [5, 5.41) is 13.0. The molecule has 1 aromatic heterocycles. The second-order valence-electron chi connectivity index (χ2n) is 5.85. The van der Waals surface area contributed by atoms with Gasteiger partial charge in [0.05, 0.1) is 21.5 Å². The molecule has 1 aromatic carbocycles. The average molecular weight is 388 g/mol. The van der Waals surface area contributed by atoms with Crippen LogP contribution in [0.5, 0.6) is 0 Å². The molecule has 1 unspecified atom stereocenters. The average Bonchev–Trinajstić information content (AvgIpc) is 2.66. The zero-order valence-corrected chi connectivity index (χ0v) is 16.5. The molecule has 1 amide bonds. The Labute approximate surface area is 164 Å². The van der Waals surface area contributed by atoms with Crippen LogP contribution in [0.4, 0.5) is 5.69 Å². The highest BCUT2D eigenvalue weighted by atomic mass is 35.5. The molecule has 0 saturated carbocycles. The molecule has 26 heavy (non-hydrogen) atoms. The molecule has 0 aliphatic heterocycles. The van der Waals surface area contributed by atoms with Crippen molar-refractivity contribution in [3.8, 4) is 6.07 Å². The van der Waals surface area contributed by atoms with Crippen LogP contribution in [0.3, 0.4) is 0 Å². The van der Waals surface area contributed by atoms with Crippen molar-refractivity contribution in [3.63, 3.8) is 0 Å². The Hall–Kier alpha value is -2.03. The number of halogens is 1. The summed E-state index contributed by atoms with van der Waals surface area (Å²) >= 11 is 7.45. The molecular weight excluding hydrogens is 366 g/mol. The third kappa shape index (κ3) is 5.48. The van der Waals surface area contributed by atoms with Gasteiger partial charge in [-0.05, 0) is 43.5 Å². The first kappa shape index (κ1) is 20.3. The lowest BCUT2D eigenvalue weighted by atomic mass is 10.2. The molecule has 0 radical (unpaired) electrons. The van der Waals surface area contributed by atoms with Crippen molar-refractivity contribution in [1.82, 2.24) is 4.98 Å². The number of amides is 1. The largest absolute Gasteiger partial charge is 0.324 e. The quantitative estimate of drug-likeness (QED) is 0.611. The summed E-state index contributed by atoms with van der Waals surface area (Å²) in [6.45, 7) is 4.07. The summed E-state index contributed by atoms with van der Waals surface area (Å²) in [4.78, 5) is 17.3. The number of pyridine rings is 1. The Kier molecular flexibility index (Phi) is 7.96. The first-order chi connectivity index (χ1) is 12.6. The number of hydrogen-bond acceptors (Lipinski definition) is 4. The molecule has 1 N–H and O–H groups in total. The molecule has 136 valence electrons. The van der Waals surface area contributed by atoms with Crippen LogP contribution in [0.15, 0.2) is 41.4 Å². The van der Waals surface area contributed by atoms with E-state index in [-0.39, 0.29) is 11.2 Å². The van der Waals surface area contributed by atoms with E-state index >= 15 is 0 Å². The fraction of sp³-hybridized carbons (Fsp3) is 0.350. The van der Waals surface area contributed by atoms with Crippen LogP contribution in [-0.4, -0.2) is 16.1 Å². The maximum Gasteiger partial charge on any atom is 0.237 e. The number of carbonyl (C=O) groups excluding carboxylic acids is 1. The summed E-state index contributed by atoms with van der Waals surface area (Å²) in [5.41, 5.74) is 2.04. The van der Waals surface area contributed by atoms with Crippen molar-refractivity contribution in [2.45, 2.75) is 49.8 Å². The number of nitriles is 1. The van der Waals surface area contributed by atoms with Gasteiger partial charge in [0.25, 0.3) is 0 Å². The summed E-state index contributed by atoms with van der Waals surface area (Å²) in [6.07, 6.45) is 3.63. The standard InChI is InChI=1S/C20H22ClN3OS/c1-3-5-8-15-12-11-14(13-22)20(23-15)26-18(4-2)19(25)24-17-10-7-6-9-16(17)21/h6-7,9-12,18H,3-5,8H2,1-2H3,(H,24,25). The lowest BCUT2D eigenvalue weighted by molar-refractivity contribution is -0.115. The normalized spacial score (nSPS) is 11.6. The van der Waals surface area contributed by atoms with E-state index in [0.717, 1.165) is 25.0 Å². The van der Waals surface area contributed by atoms with Gasteiger partial charge >= 0.3 is 0 Å². The fourth-order valence-electron chi connectivity index (χ4n) is 2.38. The maximum absolute atomic E-state index is 12.7. The van der Waals surface area contributed by atoms with E-state index in [1.807, 2.05) is 25.1 Å². The molecule has 2 rings (SSSR count). The summed E-state index contributed by atoms with van der Waals surface area (Å²) in [6, 6.07) is 13.0. The van der Waals surface area contributed by atoms with E-state index in [1.54, 1.807) is 18.2 Å². The van der Waals surface area contributed by atoms with Crippen molar-refractivity contribution in [2.24, 2.45) is 0 Å². The van der Waals surface area contributed by atoms with Gasteiger partial charge in [-0.25, -0.2) is 4.98 Å². The molecule has 0 fully saturated rings. The highest BCUT2D eigenvalue weighted by Crippen LogP contribution is 2.29. The van der Waals surface area contributed by atoms with Crippen LogP contribution in [0, 0.1) is 11.3 Å². The minimum Gasteiger partial charge on any atom is -0.324 e. The molecule has 1 atom stereocenters. The molecule has 0 saturated heterocycles. The smallest absolute Gasteiger partial charge is 0.237 e. The number of aryl methyl sites for hydroxylation is 1. The molecule has 0 bridgehead atoms. The number of hydrogen-bond donors (Lipinski definition) is 1. The number of anilines is 1. The topological polar surface area (TPSA) is 65.8 Å². The number of carbonyl (C=O) groups is 1. The first-order valence-electron chi connectivity index (χ1n) is 8.71. The molecule has 6 heteroatoms. The number of para-hydroxylation sites is 1. The molecule has 2 aromatic rings. The van der Waals surface area contributed by atoms with E-state index in [4.69, 9.17) is 11.6 Å². The number of benzene rings is 1. The Bertz CT molecular complexity index is 804. The third-order valence-corrected chi connectivity index (χ3v) is 5.57.